The van der Waals surface area contributed by atoms with Crippen molar-refractivity contribution in [2.24, 2.45) is 12.8 Å². The lowest BCUT2D eigenvalue weighted by Crippen LogP contribution is -2.23. The van der Waals surface area contributed by atoms with Crippen LogP contribution >= 0.6 is 0 Å². The van der Waals surface area contributed by atoms with E-state index < -0.39 is 0 Å². The van der Waals surface area contributed by atoms with E-state index in [4.69, 9.17) is 5.73 Å². The molecule has 1 aromatic heterocycles. The molecule has 0 radical (unpaired) electrons. The van der Waals surface area contributed by atoms with Crippen molar-refractivity contribution in [1.82, 2.24) is 9.78 Å². The maximum absolute atomic E-state index is 6.22. The molecule has 0 saturated heterocycles. The summed E-state index contributed by atoms with van der Waals surface area (Å²) in [5.41, 5.74) is 11.5. The number of benzene rings is 1. The molecule has 0 amide bonds. The minimum Gasteiger partial charge on any atom is -0.327 e. The Labute approximate surface area is 115 Å². The fraction of sp³-hybridized carbons (Fsp3) is 0.438. The summed E-state index contributed by atoms with van der Waals surface area (Å²) in [6, 6.07) is 6.83. The third-order valence-electron chi connectivity index (χ3n) is 3.63. The second-order valence-electron chi connectivity index (χ2n) is 5.44. The molecule has 0 aliphatic carbocycles. The second-order valence-corrected chi connectivity index (χ2v) is 5.44. The average molecular weight is 257 g/mol. The van der Waals surface area contributed by atoms with E-state index >= 15 is 0 Å². The zero-order valence-electron chi connectivity index (χ0n) is 12.1. The van der Waals surface area contributed by atoms with Crippen molar-refractivity contribution in [3.63, 3.8) is 0 Å². The largest absolute Gasteiger partial charge is 0.327 e. The molecular weight excluding hydrogens is 234 g/mol. The number of aryl methyl sites for hydroxylation is 4. The van der Waals surface area contributed by atoms with Gasteiger partial charge in [0.25, 0.3) is 0 Å². The van der Waals surface area contributed by atoms with Gasteiger partial charge < -0.3 is 5.73 Å². The molecular formula is C16H23N3. The fourth-order valence-corrected chi connectivity index (χ4v) is 2.29. The van der Waals surface area contributed by atoms with Crippen molar-refractivity contribution in [2.45, 2.75) is 39.2 Å². The highest BCUT2D eigenvalue weighted by Gasteiger charge is 2.06. The Kier molecular flexibility index (Phi) is 4.38. The molecule has 102 valence electrons. The number of hydrogen-bond acceptors (Lipinski definition) is 2. The van der Waals surface area contributed by atoms with Gasteiger partial charge in [0.2, 0.25) is 0 Å². The Hall–Kier alpha value is -1.61. The van der Waals surface area contributed by atoms with Crippen molar-refractivity contribution in [2.75, 3.05) is 0 Å². The van der Waals surface area contributed by atoms with Gasteiger partial charge in [0.05, 0.1) is 6.20 Å². The van der Waals surface area contributed by atoms with Gasteiger partial charge in [-0.25, -0.2) is 0 Å². The highest BCUT2D eigenvalue weighted by atomic mass is 15.2. The van der Waals surface area contributed by atoms with Crippen LogP contribution in [0.25, 0.3) is 0 Å². The van der Waals surface area contributed by atoms with E-state index in [1.54, 1.807) is 0 Å². The Morgan fingerprint density at radius 3 is 2.63 bits per heavy atom. The second kappa shape index (κ2) is 6.02. The van der Waals surface area contributed by atoms with Crippen LogP contribution in [0.4, 0.5) is 0 Å². The number of nitrogens with zero attached hydrogens (tertiary/aromatic N) is 2. The summed E-state index contributed by atoms with van der Waals surface area (Å²) < 4.78 is 1.84. The Bertz CT molecular complexity index is 543. The molecule has 3 nitrogen and oxygen atoms in total. The van der Waals surface area contributed by atoms with Crippen LogP contribution in [0.3, 0.4) is 0 Å². The summed E-state index contributed by atoms with van der Waals surface area (Å²) in [6.07, 6.45) is 6.92. The van der Waals surface area contributed by atoms with Crippen LogP contribution in [-0.4, -0.2) is 15.8 Å². The minimum atomic E-state index is 0.210. The third kappa shape index (κ3) is 3.93. The Morgan fingerprint density at radius 2 is 2.00 bits per heavy atom. The summed E-state index contributed by atoms with van der Waals surface area (Å²) in [5.74, 6) is 0. The van der Waals surface area contributed by atoms with Gasteiger partial charge in [-0.15, -0.1) is 0 Å². The van der Waals surface area contributed by atoms with Crippen molar-refractivity contribution >= 4 is 0 Å². The first-order valence-electron chi connectivity index (χ1n) is 6.84. The molecule has 0 fully saturated rings. The van der Waals surface area contributed by atoms with Crippen molar-refractivity contribution in [1.29, 1.82) is 0 Å². The van der Waals surface area contributed by atoms with E-state index in [2.05, 4.69) is 43.3 Å². The lowest BCUT2D eigenvalue weighted by atomic mass is 9.98. The topological polar surface area (TPSA) is 43.8 Å². The summed E-state index contributed by atoms with van der Waals surface area (Å²) >= 11 is 0. The molecule has 19 heavy (non-hydrogen) atoms. The van der Waals surface area contributed by atoms with Crippen molar-refractivity contribution in [3.05, 3.63) is 52.8 Å². The highest BCUT2D eigenvalue weighted by molar-refractivity contribution is 5.30. The van der Waals surface area contributed by atoms with Gasteiger partial charge in [-0.3, -0.25) is 4.68 Å². The van der Waals surface area contributed by atoms with Gasteiger partial charge in [-0.2, -0.15) is 5.10 Å². The standard InChI is InChI=1S/C16H23N3/c1-12-4-5-14(8-13(12)2)9-16(17)7-6-15-10-18-19(3)11-15/h4-5,8,10-11,16H,6-7,9,17H2,1-3H3. The van der Waals surface area contributed by atoms with Gasteiger partial charge >= 0.3 is 0 Å². The minimum absolute atomic E-state index is 0.210. The predicted molar refractivity (Wildman–Crippen MR) is 79.1 cm³/mol. The van der Waals surface area contributed by atoms with E-state index in [1.807, 2.05) is 17.9 Å². The van der Waals surface area contributed by atoms with Gasteiger partial charge in [-0.1, -0.05) is 18.2 Å². The zero-order valence-corrected chi connectivity index (χ0v) is 12.1. The van der Waals surface area contributed by atoms with Crippen LogP contribution in [0, 0.1) is 13.8 Å². The molecule has 2 rings (SSSR count). The van der Waals surface area contributed by atoms with E-state index in [9.17, 15) is 0 Å². The van der Waals surface area contributed by atoms with Gasteiger partial charge in [0.15, 0.2) is 0 Å². The SMILES string of the molecule is Cc1ccc(CC(N)CCc2cnn(C)c2)cc1C. The van der Waals surface area contributed by atoms with Crippen LogP contribution < -0.4 is 5.73 Å². The van der Waals surface area contributed by atoms with Crippen LogP contribution in [0.5, 0.6) is 0 Å². The quantitative estimate of drug-likeness (QED) is 0.894. The number of rotatable bonds is 5. The van der Waals surface area contributed by atoms with Crippen LogP contribution in [0.1, 0.15) is 28.7 Å². The lowest BCUT2D eigenvalue weighted by molar-refractivity contribution is 0.610. The van der Waals surface area contributed by atoms with Crippen molar-refractivity contribution < 1.29 is 0 Å². The number of hydrogen-bond donors (Lipinski definition) is 1. The van der Waals surface area contributed by atoms with E-state index in [0.29, 0.717) is 0 Å². The monoisotopic (exact) mass is 257 g/mol. The Balaban J connectivity index is 1.86. The van der Waals surface area contributed by atoms with Crippen molar-refractivity contribution in [3.8, 4) is 0 Å². The van der Waals surface area contributed by atoms with Crippen LogP contribution in [0.2, 0.25) is 0 Å². The molecule has 0 spiro atoms. The molecule has 2 N–H and O–H groups in total. The molecule has 0 aliphatic rings. The fourth-order valence-electron chi connectivity index (χ4n) is 2.29. The third-order valence-corrected chi connectivity index (χ3v) is 3.63. The van der Waals surface area contributed by atoms with E-state index in [1.165, 1.54) is 22.3 Å². The first kappa shape index (κ1) is 13.8. The molecule has 1 aromatic carbocycles. The van der Waals surface area contributed by atoms with Gasteiger partial charge in [0, 0.05) is 19.3 Å². The van der Waals surface area contributed by atoms with E-state index in [0.717, 1.165) is 19.3 Å². The number of aromatic nitrogens is 2. The molecule has 3 heteroatoms. The summed E-state index contributed by atoms with van der Waals surface area (Å²) in [7, 11) is 1.94. The van der Waals surface area contributed by atoms with Gasteiger partial charge in [0.1, 0.15) is 0 Å². The maximum atomic E-state index is 6.22. The Morgan fingerprint density at radius 1 is 1.21 bits per heavy atom. The molecule has 0 saturated carbocycles. The first-order valence-corrected chi connectivity index (χ1v) is 6.84. The number of nitrogens with two attached hydrogens (primary N) is 1. The maximum Gasteiger partial charge on any atom is 0.0521 e. The highest BCUT2D eigenvalue weighted by Crippen LogP contribution is 2.13. The molecule has 1 atom stereocenters. The summed E-state index contributed by atoms with van der Waals surface area (Å²) in [6.45, 7) is 4.29. The zero-order chi connectivity index (χ0) is 13.8. The summed E-state index contributed by atoms with van der Waals surface area (Å²) in [4.78, 5) is 0. The molecule has 2 aromatic rings. The van der Waals surface area contributed by atoms with Gasteiger partial charge in [-0.05, 0) is 55.4 Å². The van der Waals surface area contributed by atoms with Crippen LogP contribution in [0.15, 0.2) is 30.6 Å². The molecule has 1 heterocycles. The molecule has 0 aliphatic heterocycles. The predicted octanol–water partition coefficient (Wildman–Crippen LogP) is 2.54. The smallest absolute Gasteiger partial charge is 0.0521 e. The summed E-state index contributed by atoms with van der Waals surface area (Å²) in [5, 5.41) is 4.18. The average Bonchev–Trinajstić information content (AvgIpc) is 2.77. The van der Waals surface area contributed by atoms with Crippen LogP contribution in [-0.2, 0) is 19.9 Å². The normalized spacial score (nSPS) is 12.6. The molecule has 1 unspecified atom stereocenters. The lowest BCUT2D eigenvalue weighted by Gasteiger charge is -2.12. The molecule has 0 bridgehead atoms. The van der Waals surface area contributed by atoms with E-state index in [-0.39, 0.29) is 6.04 Å². The first-order chi connectivity index (χ1) is 9.04.